The number of thiophene rings is 1. The van der Waals surface area contributed by atoms with Gasteiger partial charge in [-0.3, -0.25) is 4.79 Å². The topological polar surface area (TPSA) is 49.3 Å². The average molecular weight is 301 g/mol. The van der Waals surface area contributed by atoms with E-state index in [0.717, 1.165) is 21.6 Å². The molecule has 0 unspecified atom stereocenters. The highest BCUT2D eigenvalue weighted by Crippen LogP contribution is 2.32. The highest BCUT2D eigenvalue weighted by atomic mass is 32.1. The molecular formula is C17H19NO2S. The van der Waals surface area contributed by atoms with Crippen molar-refractivity contribution in [1.82, 2.24) is 5.32 Å². The van der Waals surface area contributed by atoms with Gasteiger partial charge in [0.2, 0.25) is 0 Å². The number of carbonyl (C=O) groups excluding carboxylic acids is 1. The normalized spacial score (nSPS) is 20.6. The first-order valence-corrected chi connectivity index (χ1v) is 8.10. The lowest BCUT2D eigenvalue weighted by Crippen LogP contribution is -2.33. The van der Waals surface area contributed by atoms with E-state index in [1.165, 1.54) is 11.3 Å². The van der Waals surface area contributed by atoms with Gasteiger partial charge in [0, 0.05) is 6.42 Å². The minimum absolute atomic E-state index is 0.0885. The Morgan fingerprint density at radius 1 is 1.33 bits per heavy atom. The predicted octanol–water partition coefficient (Wildman–Crippen LogP) is 3.26. The van der Waals surface area contributed by atoms with Crippen LogP contribution in [0.5, 0.6) is 0 Å². The summed E-state index contributed by atoms with van der Waals surface area (Å²) in [6.07, 6.45) is 0.0524. The maximum absolute atomic E-state index is 12.5. The molecule has 0 radical (unpaired) electrons. The van der Waals surface area contributed by atoms with Gasteiger partial charge in [-0.1, -0.05) is 38.1 Å². The third kappa shape index (κ3) is 2.61. The molecule has 0 fully saturated rings. The molecule has 21 heavy (non-hydrogen) atoms. The van der Waals surface area contributed by atoms with E-state index in [9.17, 15) is 9.90 Å². The zero-order chi connectivity index (χ0) is 15.0. The number of aliphatic hydroxyl groups excluding tert-OH is 1. The standard InChI is InChI=1S/C17H19NO2S/c1-10(2)12-7-8-21-16(12)17(20)18-15-13-6-4-3-5-11(13)9-14(15)19/h3-8,10,14-15,19H,9H2,1-2H3,(H,18,20)/t14-,15+/m1/s1. The van der Waals surface area contributed by atoms with Crippen LogP contribution in [0.1, 0.15) is 52.2 Å². The Hall–Kier alpha value is -1.65. The molecule has 1 amide bonds. The van der Waals surface area contributed by atoms with Crippen LogP contribution in [0, 0.1) is 0 Å². The van der Waals surface area contributed by atoms with E-state index in [1.807, 2.05) is 35.7 Å². The quantitative estimate of drug-likeness (QED) is 0.914. The molecule has 0 aliphatic heterocycles. The summed E-state index contributed by atoms with van der Waals surface area (Å²) in [7, 11) is 0. The molecule has 1 aliphatic carbocycles. The van der Waals surface area contributed by atoms with Crippen LogP contribution in [-0.4, -0.2) is 17.1 Å². The first-order chi connectivity index (χ1) is 10.1. The highest BCUT2D eigenvalue weighted by molar-refractivity contribution is 7.12. The molecule has 2 atom stereocenters. The van der Waals surface area contributed by atoms with Crippen LogP contribution in [0.15, 0.2) is 35.7 Å². The van der Waals surface area contributed by atoms with Gasteiger partial charge in [0.15, 0.2) is 0 Å². The first kappa shape index (κ1) is 14.3. The van der Waals surface area contributed by atoms with Crippen molar-refractivity contribution in [2.24, 2.45) is 0 Å². The molecule has 0 saturated carbocycles. The van der Waals surface area contributed by atoms with E-state index in [1.54, 1.807) is 0 Å². The molecule has 1 heterocycles. The number of benzene rings is 1. The van der Waals surface area contributed by atoms with Crippen molar-refractivity contribution >= 4 is 17.2 Å². The Bertz CT molecular complexity index is 662. The number of rotatable bonds is 3. The third-order valence-corrected chi connectivity index (χ3v) is 4.94. The molecule has 0 bridgehead atoms. The van der Waals surface area contributed by atoms with Crippen molar-refractivity contribution in [3.05, 3.63) is 57.3 Å². The number of amides is 1. The van der Waals surface area contributed by atoms with Crippen LogP contribution < -0.4 is 5.32 Å². The van der Waals surface area contributed by atoms with Gasteiger partial charge in [-0.05, 0) is 34.1 Å². The van der Waals surface area contributed by atoms with E-state index in [2.05, 4.69) is 19.2 Å². The largest absolute Gasteiger partial charge is 0.390 e. The summed E-state index contributed by atoms with van der Waals surface area (Å²) in [4.78, 5) is 13.3. The van der Waals surface area contributed by atoms with Gasteiger partial charge in [0.25, 0.3) is 5.91 Å². The molecule has 2 N–H and O–H groups in total. The molecule has 0 saturated heterocycles. The van der Waals surface area contributed by atoms with E-state index in [4.69, 9.17) is 0 Å². The fraction of sp³-hybridized carbons (Fsp3) is 0.353. The molecule has 4 heteroatoms. The van der Waals surface area contributed by atoms with Crippen molar-refractivity contribution in [3.8, 4) is 0 Å². The Morgan fingerprint density at radius 2 is 2.10 bits per heavy atom. The second-order valence-corrected chi connectivity index (χ2v) is 6.70. The molecule has 1 aromatic heterocycles. The summed E-state index contributed by atoms with van der Waals surface area (Å²) in [5.41, 5.74) is 3.21. The Labute approximate surface area is 128 Å². The van der Waals surface area contributed by atoms with E-state index < -0.39 is 6.10 Å². The average Bonchev–Trinajstić information content (AvgIpc) is 3.04. The summed E-state index contributed by atoms with van der Waals surface area (Å²) in [5, 5.41) is 15.2. The van der Waals surface area contributed by atoms with E-state index >= 15 is 0 Å². The summed E-state index contributed by atoms with van der Waals surface area (Å²) in [5.74, 6) is 0.229. The van der Waals surface area contributed by atoms with Crippen LogP contribution in [-0.2, 0) is 6.42 Å². The van der Waals surface area contributed by atoms with Gasteiger partial charge in [0.05, 0.1) is 17.0 Å². The van der Waals surface area contributed by atoms with Gasteiger partial charge >= 0.3 is 0 Å². The molecule has 3 nitrogen and oxygen atoms in total. The molecule has 2 aromatic rings. The van der Waals surface area contributed by atoms with Gasteiger partial charge in [0.1, 0.15) is 0 Å². The lowest BCUT2D eigenvalue weighted by molar-refractivity contribution is 0.0861. The highest BCUT2D eigenvalue weighted by Gasteiger charge is 2.32. The van der Waals surface area contributed by atoms with Gasteiger partial charge in [-0.2, -0.15) is 0 Å². The monoisotopic (exact) mass is 301 g/mol. The van der Waals surface area contributed by atoms with Crippen LogP contribution in [0.25, 0.3) is 0 Å². The van der Waals surface area contributed by atoms with Crippen molar-refractivity contribution in [1.29, 1.82) is 0 Å². The number of fused-ring (bicyclic) bond motifs is 1. The third-order valence-electron chi connectivity index (χ3n) is 4.01. The zero-order valence-electron chi connectivity index (χ0n) is 12.2. The van der Waals surface area contributed by atoms with E-state index in [0.29, 0.717) is 12.3 Å². The predicted molar refractivity (Wildman–Crippen MR) is 84.8 cm³/mol. The number of hydrogen-bond acceptors (Lipinski definition) is 3. The van der Waals surface area contributed by atoms with Crippen LogP contribution in [0.4, 0.5) is 0 Å². The second kappa shape index (κ2) is 5.62. The summed E-state index contributed by atoms with van der Waals surface area (Å²) >= 11 is 1.46. The number of carbonyl (C=O) groups is 1. The Morgan fingerprint density at radius 3 is 2.86 bits per heavy atom. The van der Waals surface area contributed by atoms with Crippen LogP contribution in [0.3, 0.4) is 0 Å². The lowest BCUT2D eigenvalue weighted by Gasteiger charge is -2.18. The SMILES string of the molecule is CC(C)c1ccsc1C(=O)N[C@H]1c2ccccc2C[C@H]1O. The number of aliphatic hydroxyl groups is 1. The maximum Gasteiger partial charge on any atom is 0.262 e. The number of nitrogens with one attached hydrogen (secondary N) is 1. The van der Waals surface area contributed by atoms with Crippen molar-refractivity contribution in [2.75, 3.05) is 0 Å². The molecular weight excluding hydrogens is 282 g/mol. The maximum atomic E-state index is 12.5. The van der Waals surface area contributed by atoms with Crippen molar-refractivity contribution in [3.63, 3.8) is 0 Å². The second-order valence-electron chi connectivity index (χ2n) is 5.78. The smallest absolute Gasteiger partial charge is 0.262 e. The molecule has 1 aromatic carbocycles. The summed E-state index contributed by atoms with van der Waals surface area (Å²) < 4.78 is 0. The van der Waals surface area contributed by atoms with Crippen molar-refractivity contribution in [2.45, 2.75) is 38.3 Å². The van der Waals surface area contributed by atoms with E-state index in [-0.39, 0.29) is 11.9 Å². The fourth-order valence-corrected chi connectivity index (χ4v) is 3.87. The minimum Gasteiger partial charge on any atom is -0.390 e. The van der Waals surface area contributed by atoms with Gasteiger partial charge in [-0.15, -0.1) is 11.3 Å². The first-order valence-electron chi connectivity index (χ1n) is 7.22. The minimum atomic E-state index is -0.547. The molecule has 0 spiro atoms. The molecule has 110 valence electrons. The summed E-state index contributed by atoms with van der Waals surface area (Å²) in [6, 6.07) is 9.59. The van der Waals surface area contributed by atoms with Gasteiger partial charge in [-0.25, -0.2) is 0 Å². The van der Waals surface area contributed by atoms with Crippen molar-refractivity contribution < 1.29 is 9.90 Å². The lowest BCUT2D eigenvalue weighted by atomic mass is 10.0. The van der Waals surface area contributed by atoms with Crippen LogP contribution >= 0.6 is 11.3 Å². The molecule has 3 rings (SSSR count). The Balaban J connectivity index is 1.84. The van der Waals surface area contributed by atoms with Gasteiger partial charge < -0.3 is 10.4 Å². The van der Waals surface area contributed by atoms with Crippen LogP contribution in [0.2, 0.25) is 0 Å². The molecule has 1 aliphatic rings. The Kier molecular flexibility index (Phi) is 3.83. The zero-order valence-corrected chi connectivity index (χ0v) is 13.0. The number of hydrogen-bond donors (Lipinski definition) is 2. The fourth-order valence-electron chi connectivity index (χ4n) is 2.91. The summed E-state index contributed by atoms with van der Waals surface area (Å²) in [6.45, 7) is 4.16.